The molecule has 1 aromatic rings. The van der Waals surface area contributed by atoms with Crippen molar-refractivity contribution in [1.29, 1.82) is 0 Å². The Morgan fingerprint density at radius 2 is 1.84 bits per heavy atom. The van der Waals surface area contributed by atoms with E-state index in [4.69, 9.17) is 0 Å². The van der Waals surface area contributed by atoms with E-state index < -0.39 is 0 Å². The third-order valence-corrected chi connectivity index (χ3v) is 4.08. The molecule has 0 aliphatic rings. The van der Waals surface area contributed by atoms with E-state index in [1.807, 2.05) is 12.1 Å². The topological polar surface area (TPSA) is 12.0 Å². The van der Waals surface area contributed by atoms with Gasteiger partial charge in [-0.3, -0.25) is 0 Å². The monoisotopic (exact) mass is 329 g/mol. The average molecular weight is 330 g/mol. The van der Waals surface area contributed by atoms with E-state index >= 15 is 0 Å². The fourth-order valence-corrected chi connectivity index (χ4v) is 2.33. The molecule has 0 saturated heterocycles. The first kappa shape index (κ1) is 16.6. The standard InChI is InChI=1S/C16H25BrFN/c1-11(12(2)10-19-16(3,4)5)8-13-6-7-15(18)14(17)9-13/h6-7,9,11-12,19H,8,10H2,1-5H3. The van der Waals surface area contributed by atoms with Gasteiger partial charge in [0.2, 0.25) is 0 Å². The molecular formula is C16H25BrFN. The quantitative estimate of drug-likeness (QED) is 0.818. The molecule has 0 saturated carbocycles. The Labute approximate surface area is 125 Å². The van der Waals surface area contributed by atoms with Gasteiger partial charge < -0.3 is 5.32 Å². The normalized spacial score (nSPS) is 15.3. The van der Waals surface area contributed by atoms with E-state index in [1.165, 1.54) is 11.6 Å². The summed E-state index contributed by atoms with van der Waals surface area (Å²) in [4.78, 5) is 0. The summed E-state index contributed by atoms with van der Waals surface area (Å²) >= 11 is 3.24. The molecular weight excluding hydrogens is 305 g/mol. The molecule has 1 nitrogen and oxygen atoms in total. The van der Waals surface area contributed by atoms with E-state index in [2.05, 4.69) is 55.9 Å². The minimum absolute atomic E-state index is 0.160. The van der Waals surface area contributed by atoms with E-state index in [9.17, 15) is 4.39 Å². The van der Waals surface area contributed by atoms with Gasteiger partial charge in [-0.05, 0) is 79.2 Å². The highest BCUT2D eigenvalue weighted by Gasteiger charge is 2.16. The maximum absolute atomic E-state index is 13.2. The average Bonchev–Trinajstić information content (AvgIpc) is 2.29. The Kier molecular flexibility index (Phi) is 6.00. The molecule has 1 aromatic carbocycles. The first-order chi connectivity index (χ1) is 8.69. The summed E-state index contributed by atoms with van der Waals surface area (Å²) in [5.41, 5.74) is 1.34. The summed E-state index contributed by atoms with van der Waals surface area (Å²) in [5, 5.41) is 3.54. The van der Waals surface area contributed by atoms with Gasteiger partial charge in [0.15, 0.2) is 0 Å². The third-order valence-electron chi connectivity index (χ3n) is 3.47. The van der Waals surface area contributed by atoms with Crippen molar-refractivity contribution in [3.8, 4) is 0 Å². The molecule has 1 rings (SSSR count). The number of rotatable bonds is 5. The molecule has 0 fully saturated rings. The molecule has 0 aliphatic carbocycles. The predicted molar refractivity (Wildman–Crippen MR) is 83.9 cm³/mol. The molecule has 0 aromatic heterocycles. The van der Waals surface area contributed by atoms with Gasteiger partial charge in [0, 0.05) is 5.54 Å². The number of halogens is 2. The Bertz CT molecular complexity index is 412. The molecule has 0 aliphatic heterocycles. The van der Waals surface area contributed by atoms with Crippen LogP contribution in [0.25, 0.3) is 0 Å². The van der Waals surface area contributed by atoms with Crippen LogP contribution in [0.4, 0.5) is 4.39 Å². The van der Waals surface area contributed by atoms with Crippen LogP contribution in [0.3, 0.4) is 0 Å². The molecule has 19 heavy (non-hydrogen) atoms. The zero-order valence-electron chi connectivity index (χ0n) is 12.6. The molecule has 0 spiro atoms. The Hall–Kier alpha value is -0.410. The molecule has 1 N–H and O–H groups in total. The van der Waals surface area contributed by atoms with Gasteiger partial charge in [0.05, 0.1) is 4.47 Å². The first-order valence-corrected chi connectivity index (χ1v) is 7.67. The van der Waals surface area contributed by atoms with E-state index in [0.29, 0.717) is 16.3 Å². The van der Waals surface area contributed by atoms with Crippen LogP contribution in [-0.2, 0) is 6.42 Å². The molecule has 108 valence electrons. The fraction of sp³-hybridized carbons (Fsp3) is 0.625. The van der Waals surface area contributed by atoms with Crippen LogP contribution in [0.1, 0.15) is 40.2 Å². The van der Waals surface area contributed by atoms with E-state index in [-0.39, 0.29) is 11.4 Å². The van der Waals surface area contributed by atoms with Crippen LogP contribution in [0.15, 0.2) is 22.7 Å². The lowest BCUT2D eigenvalue weighted by Crippen LogP contribution is -2.40. The van der Waals surface area contributed by atoms with Gasteiger partial charge in [0.25, 0.3) is 0 Å². The zero-order chi connectivity index (χ0) is 14.6. The lowest BCUT2D eigenvalue weighted by atomic mass is 9.89. The fourth-order valence-electron chi connectivity index (χ4n) is 1.91. The van der Waals surface area contributed by atoms with Crippen LogP contribution in [0.5, 0.6) is 0 Å². The van der Waals surface area contributed by atoms with Gasteiger partial charge in [0.1, 0.15) is 5.82 Å². The third kappa shape index (κ3) is 6.05. The predicted octanol–water partition coefficient (Wildman–Crippen LogP) is 4.79. The molecule has 2 atom stereocenters. The van der Waals surface area contributed by atoms with Crippen LogP contribution in [-0.4, -0.2) is 12.1 Å². The minimum atomic E-state index is -0.196. The highest BCUT2D eigenvalue weighted by molar-refractivity contribution is 9.10. The first-order valence-electron chi connectivity index (χ1n) is 6.88. The van der Waals surface area contributed by atoms with Gasteiger partial charge in [-0.15, -0.1) is 0 Å². The van der Waals surface area contributed by atoms with Crippen LogP contribution in [0.2, 0.25) is 0 Å². The summed E-state index contributed by atoms with van der Waals surface area (Å²) in [7, 11) is 0. The van der Waals surface area contributed by atoms with Crippen molar-refractivity contribution < 1.29 is 4.39 Å². The molecule has 0 heterocycles. The molecule has 3 heteroatoms. The highest BCUT2D eigenvalue weighted by Crippen LogP contribution is 2.22. The van der Waals surface area contributed by atoms with Gasteiger partial charge in [-0.1, -0.05) is 19.9 Å². The minimum Gasteiger partial charge on any atom is -0.312 e. The Morgan fingerprint density at radius 1 is 1.21 bits per heavy atom. The van der Waals surface area contributed by atoms with Crippen molar-refractivity contribution in [2.75, 3.05) is 6.54 Å². The lowest BCUT2D eigenvalue weighted by molar-refractivity contribution is 0.317. The number of benzene rings is 1. The van der Waals surface area contributed by atoms with Crippen LogP contribution in [0, 0.1) is 17.7 Å². The summed E-state index contributed by atoms with van der Waals surface area (Å²) in [6.07, 6.45) is 0.978. The Balaban J connectivity index is 2.53. The van der Waals surface area contributed by atoms with E-state index in [1.54, 1.807) is 0 Å². The van der Waals surface area contributed by atoms with Crippen molar-refractivity contribution in [2.24, 2.45) is 11.8 Å². The van der Waals surface area contributed by atoms with Crippen molar-refractivity contribution in [1.82, 2.24) is 5.32 Å². The van der Waals surface area contributed by atoms with Crippen molar-refractivity contribution >= 4 is 15.9 Å². The molecule has 2 unspecified atom stereocenters. The second kappa shape index (κ2) is 6.85. The summed E-state index contributed by atoms with van der Waals surface area (Å²) < 4.78 is 13.7. The molecule has 0 bridgehead atoms. The van der Waals surface area contributed by atoms with E-state index in [0.717, 1.165) is 13.0 Å². The zero-order valence-corrected chi connectivity index (χ0v) is 14.1. The van der Waals surface area contributed by atoms with Crippen LogP contribution < -0.4 is 5.32 Å². The van der Waals surface area contributed by atoms with Crippen molar-refractivity contribution in [3.05, 3.63) is 34.1 Å². The molecule has 0 radical (unpaired) electrons. The van der Waals surface area contributed by atoms with Gasteiger partial charge >= 0.3 is 0 Å². The lowest BCUT2D eigenvalue weighted by Gasteiger charge is -2.26. The maximum atomic E-state index is 13.2. The second-order valence-corrected chi connectivity index (χ2v) is 7.39. The number of hydrogen-bond acceptors (Lipinski definition) is 1. The number of hydrogen-bond donors (Lipinski definition) is 1. The summed E-state index contributed by atoms with van der Waals surface area (Å²) in [6, 6.07) is 5.29. The van der Waals surface area contributed by atoms with Gasteiger partial charge in [-0.25, -0.2) is 4.39 Å². The van der Waals surface area contributed by atoms with Crippen molar-refractivity contribution in [3.63, 3.8) is 0 Å². The molecule has 0 amide bonds. The summed E-state index contributed by atoms with van der Waals surface area (Å²) in [6.45, 7) is 12.1. The van der Waals surface area contributed by atoms with Gasteiger partial charge in [-0.2, -0.15) is 0 Å². The van der Waals surface area contributed by atoms with Crippen molar-refractivity contribution in [2.45, 2.75) is 46.6 Å². The van der Waals surface area contributed by atoms with Crippen LogP contribution >= 0.6 is 15.9 Å². The largest absolute Gasteiger partial charge is 0.312 e. The summed E-state index contributed by atoms with van der Waals surface area (Å²) in [5.74, 6) is 0.953. The smallest absolute Gasteiger partial charge is 0.137 e. The highest BCUT2D eigenvalue weighted by atomic mass is 79.9. The second-order valence-electron chi connectivity index (χ2n) is 6.54. The number of nitrogens with one attached hydrogen (secondary N) is 1. The SMILES string of the molecule is CC(CNC(C)(C)C)C(C)Cc1ccc(F)c(Br)c1. The maximum Gasteiger partial charge on any atom is 0.137 e. The Morgan fingerprint density at radius 3 is 2.37 bits per heavy atom.